The monoisotopic (exact) mass is 425 g/mol. The number of fused-ring (bicyclic) bond motifs is 3. The van der Waals surface area contributed by atoms with Gasteiger partial charge in [-0.25, -0.2) is 14.6 Å². The Bertz CT molecular complexity index is 925. The predicted octanol–water partition coefficient (Wildman–Crippen LogP) is 2.67. The van der Waals surface area contributed by atoms with Crippen LogP contribution in [0.15, 0.2) is 42.6 Å². The molecule has 8 nitrogen and oxygen atoms in total. The van der Waals surface area contributed by atoms with Gasteiger partial charge >= 0.3 is 11.9 Å². The van der Waals surface area contributed by atoms with Gasteiger partial charge in [0.25, 0.3) is 0 Å². The van der Waals surface area contributed by atoms with Crippen molar-refractivity contribution in [2.45, 2.75) is 25.0 Å². The maximum absolute atomic E-state index is 13.3. The zero-order chi connectivity index (χ0) is 21.8. The zero-order valence-electron chi connectivity index (χ0n) is 17.7. The molecule has 8 heteroatoms. The Hall–Kier alpha value is -3.13. The molecule has 0 amide bonds. The Morgan fingerprint density at radius 3 is 2.52 bits per heavy atom. The number of methoxy groups -OCH3 is 2. The number of nitrogens with zero attached hydrogens (tertiary/aromatic N) is 2. The number of carbonyl (C=O) groups is 2. The van der Waals surface area contributed by atoms with E-state index in [4.69, 9.17) is 14.2 Å². The minimum atomic E-state index is -0.834. The SMILES string of the molecule is COC(=O)c1ccccc1NC(C(=O)OC1CN2CCC1CC2)c1ccc(OC)nc1. The van der Waals surface area contributed by atoms with Crippen LogP contribution < -0.4 is 10.1 Å². The quantitative estimate of drug-likeness (QED) is 0.678. The van der Waals surface area contributed by atoms with E-state index >= 15 is 0 Å². The number of hydrogen-bond donors (Lipinski definition) is 1. The molecular weight excluding hydrogens is 398 g/mol. The highest BCUT2D eigenvalue weighted by atomic mass is 16.5. The number of para-hydroxylation sites is 1. The Balaban J connectivity index is 1.60. The Labute approximate surface area is 181 Å². The molecule has 3 saturated heterocycles. The maximum atomic E-state index is 13.3. The van der Waals surface area contributed by atoms with E-state index in [1.807, 2.05) is 0 Å². The molecule has 3 fully saturated rings. The predicted molar refractivity (Wildman–Crippen MR) is 114 cm³/mol. The lowest BCUT2D eigenvalue weighted by molar-refractivity contribution is -0.159. The summed E-state index contributed by atoms with van der Waals surface area (Å²) in [6.45, 7) is 2.90. The zero-order valence-corrected chi connectivity index (χ0v) is 17.7. The molecule has 3 aliphatic rings. The molecule has 2 bridgehead atoms. The van der Waals surface area contributed by atoms with Crippen LogP contribution in [0.5, 0.6) is 5.88 Å². The van der Waals surface area contributed by atoms with Gasteiger partial charge in [-0.1, -0.05) is 12.1 Å². The highest BCUT2D eigenvalue weighted by molar-refractivity contribution is 5.96. The van der Waals surface area contributed by atoms with Crippen molar-refractivity contribution in [2.75, 3.05) is 39.2 Å². The topological polar surface area (TPSA) is 90.0 Å². The standard InChI is InChI=1S/C23H27N3O5/c1-29-20-8-7-16(13-24-20)21(25-18-6-4-3-5-17(18)22(27)30-2)23(28)31-19-14-26-11-9-15(19)10-12-26/h3-8,13,15,19,21,25H,9-12,14H2,1-2H3. The second-order valence-electron chi connectivity index (χ2n) is 7.86. The first-order valence-electron chi connectivity index (χ1n) is 10.5. The molecule has 1 aromatic carbocycles. The van der Waals surface area contributed by atoms with Crippen LogP contribution >= 0.6 is 0 Å². The molecule has 0 aliphatic carbocycles. The van der Waals surface area contributed by atoms with Gasteiger partial charge in [-0.3, -0.25) is 4.90 Å². The van der Waals surface area contributed by atoms with Gasteiger partial charge in [0, 0.05) is 30.1 Å². The van der Waals surface area contributed by atoms with Crippen molar-refractivity contribution in [2.24, 2.45) is 5.92 Å². The van der Waals surface area contributed by atoms with E-state index in [-0.39, 0.29) is 6.10 Å². The summed E-state index contributed by atoms with van der Waals surface area (Å²) >= 11 is 0. The number of piperidine rings is 3. The molecule has 1 N–H and O–H groups in total. The summed E-state index contributed by atoms with van der Waals surface area (Å²) in [7, 11) is 2.86. The van der Waals surface area contributed by atoms with Crippen molar-refractivity contribution in [1.82, 2.24) is 9.88 Å². The maximum Gasteiger partial charge on any atom is 0.339 e. The summed E-state index contributed by atoms with van der Waals surface area (Å²) in [5.41, 5.74) is 1.44. The normalized spacial score (nSPS) is 23.0. The lowest BCUT2D eigenvalue weighted by Gasteiger charge is -2.44. The second-order valence-corrected chi connectivity index (χ2v) is 7.86. The highest BCUT2D eigenvalue weighted by Crippen LogP contribution is 2.32. The Morgan fingerprint density at radius 1 is 1.13 bits per heavy atom. The lowest BCUT2D eigenvalue weighted by Crippen LogP contribution is -2.52. The van der Waals surface area contributed by atoms with E-state index in [0.29, 0.717) is 28.6 Å². The van der Waals surface area contributed by atoms with E-state index in [1.54, 1.807) is 42.6 Å². The van der Waals surface area contributed by atoms with Crippen molar-refractivity contribution in [3.63, 3.8) is 0 Å². The number of hydrogen-bond acceptors (Lipinski definition) is 8. The van der Waals surface area contributed by atoms with Gasteiger partial charge in [-0.15, -0.1) is 0 Å². The average molecular weight is 425 g/mol. The number of ether oxygens (including phenoxy) is 3. The molecule has 0 spiro atoms. The van der Waals surface area contributed by atoms with E-state index < -0.39 is 18.0 Å². The van der Waals surface area contributed by atoms with Gasteiger partial charge in [-0.05, 0) is 50.0 Å². The smallest absolute Gasteiger partial charge is 0.339 e. The summed E-state index contributed by atoms with van der Waals surface area (Å²) in [5.74, 6) is -0.0417. The van der Waals surface area contributed by atoms with Gasteiger partial charge < -0.3 is 19.5 Å². The van der Waals surface area contributed by atoms with E-state index in [9.17, 15) is 9.59 Å². The van der Waals surface area contributed by atoms with Gasteiger partial charge in [0.1, 0.15) is 6.10 Å². The summed E-state index contributed by atoms with van der Waals surface area (Å²) in [5, 5.41) is 3.18. The number of aromatic nitrogens is 1. The molecule has 31 heavy (non-hydrogen) atoms. The van der Waals surface area contributed by atoms with Gasteiger partial charge in [0.2, 0.25) is 5.88 Å². The first kappa shape index (κ1) is 21.1. The van der Waals surface area contributed by atoms with Gasteiger partial charge in [0.15, 0.2) is 6.04 Å². The van der Waals surface area contributed by atoms with Crippen LogP contribution in [0.3, 0.4) is 0 Å². The summed E-state index contributed by atoms with van der Waals surface area (Å²) in [6.07, 6.45) is 3.55. The van der Waals surface area contributed by atoms with Crippen LogP contribution in [0.2, 0.25) is 0 Å². The molecule has 2 aromatic rings. The number of anilines is 1. The minimum Gasteiger partial charge on any atom is -0.481 e. The fourth-order valence-electron chi connectivity index (χ4n) is 4.28. The average Bonchev–Trinajstić information content (AvgIpc) is 2.83. The molecule has 4 heterocycles. The highest BCUT2D eigenvalue weighted by Gasteiger charge is 2.38. The Morgan fingerprint density at radius 2 is 1.90 bits per heavy atom. The first-order valence-corrected chi connectivity index (χ1v) is 10.5. The van der Waals surface area contributed by atoms with Gasteiger partial charge in [0.05, 0.1) is 19.8 Å². The molecule has 0 radical (unpaired) electrons. The van der Waals surface area contributed by atoms with Crippen LogP contribution in [0.1, 0.15) is 34.8 Å². The third-order valence-electron chi connectivity index (χ3n) is 6.03. The van der Waals surface area contributed by atoms with Crippen LogP contribution in [0.4, 0.5) is 5.69 Å². The summed E-state index contributed by atoms with van der Waals surface area (Å²) in [4.78, 5) is 32.1. The van der Waals surface area contributed by atoms with Gasteiger partial charge in [-0.2, -0.15) is 0 Å². The van der Waals surface area contributed by atoms with E-state index in [2.05, 4.69) is 15.2 Å². The molecule has 0 saturated carbocycles. The largest absolute Gasteiger partial charge is 0.481 e. The molecule has 2 unspecified atom stereocenters. The van der Waals surface area contributed by atoms with E-state index in [1.165, 1.54) is 14.2 Å². The first-order chi connectivity index (χ1) is 15.1. The molecule has 1 aromatic heterocycles. The number of carbonyl (C=O) groups excluding carboxylic acids is 2. The number of esters is 2. The minimum absolute atomic E-state index is 0.124. The Kier molecular flexibility index (Phi) is 6.36. The molecular formula is C23H27N3O5. The molecule has 2 atom stereocenters. The van der Waals surface area contributed by atoms with Crippen molar-refractivity contribution >= 4 is 17.6 Å². The van der Waals surface area contributed by atoms with Crippen LogP contribution in [-0.4, -0.2) is 61.8 Å². The van der Waals surface area contributed by atoms with Crippen molar-refractivity contribution in [3.8, 4) is 5.88 Å². The van der Waals surface area contributed by atoms with Crippen LogP contribution in [-0.2, 0) is 14.3 Å². The number of benzene rings is 1. The summed E-state index contributed by atoms with van der Waals surface area (Å²) < 4.78 is 16.0. The fourth-order valence-corrected chi connectivity index (χ4v) is 4.28. The molecule has 164 valence electrons. The number of pyridine rings is 1. The summed E-state index contributed by atoms with van der Waals surface area (Å²) in [6, 6.07) is 9.54. The van der Waals surface area contributed by atoms with Crippen molar-refractivity contribution < 1.29 is 23.8 Å². The van der Waals surface area contributed by atoms with Crippen LogP contribution in [0, 0.1) is 5.92 Å². The van der Waals surface area contributed by atoms with Crippen molar-refractivity contribution in [3.05, 3.63) is 53.7 Å². The fraction of sp³-hybridized carbons (Fsp3) is 0.435. The lowest BCUT2D eigenvalue weighted by atomic mass is 9.86. The third-order valence-corrected chi connectivity index (χ3v) is 6.03. The second kappa shape index (κ2) is 9.34. The van der Waals surface area contributed by atoms with Crippen molar-refractivity contribution in [1.29, 1.82) is 0 Å². The molecule has 5 rings (SSSR count). The molecule has 3 aliphatic heterocycles. The van der Waals surface area contributed by atoms with E-state index in [0.717, 1.165) is 32.5 Å². The number of nitrogens with one attached hydrogen (secondary N) is 1. The van der Waals surface area contributed by atoms with Crippen LogP contribution in [0.25, 0.3) is 0 Å². The number of rotatable bonds is 7. The third kappa shape index (κ3) is 4.64.